The van der Waals surface area contributed by atoms with E-state index in [2.05, 4.69) is 45.1 Å². The van der Waals surface area contributed by atoms with Crippen molar-refractivity contribution < 1.29 is 9.59 Å². The Bertz CT molecular complexity index is 1020. The van der Waals surface area contributed by atoms with Crippen LogP contribution in [-0.2, 0) is 11.2 Å². The Hall–Kier alpha value is -3.80. The van der Waals surface area contributed by atoms with Crippen molar-refractivity contribution >= 4 is 34.7 Å². The smallest absolute Gasteiger partial charge is 0.319 e. The molecule has 6 nitrogen and oxygen atoms in total. The van der Waals surface area contributed by atoms with E-state index in [1.165, 1.54) is 11.3 Å². The van der Waals surface area contributed by atoms with Gasteiger partial charge in [-0.1, -0.05) is 36.4 Å². The van der Waals surface area contributed by atoms with Crippen molar-refractivity contribution in [1.82, 2.24) is 5.32 Å². The summed E-state index contributed by atoms with van der Waals surface area (Å²) in [6, 6.07) is 25.1. The Balaban J connectivity index is 1.24. The molecule has 3 N–H and O–H groups in total. The molecule has 0 unspecified atom stereocenters. The van der Waals surface area contributed by atoms with E-state index in [1.807, 2.05) is 42.5 Å². The van der Waals surface area contributed by atoms with Crippen LogP contribution < -0.4 is 20.9 Å². The maximum atomic E-state index is 12.2. The summed E-state index contributed by atoms with van der Waals surface area (Å²) < 4.78 is 0. The molecule has 6 heteroatoms. The number of nitrogens with one attached hydrogen (secondary N) is 3. The van der Waals surface area contributed by atoms with Crippen molar-refractivity contribution in [2.75, 3.05) is 28.6 Å². The average Bonchev–Trinajstić information content (AvgIpc) is 3.19. The summed E-state index contributed by atoms with van der Waals surface area (Å²) >= 11 is 0. The lowest BCUT2D eigenvalue weighted by atomic mass is 10.2. The Labute approximate surface area is 175 Å². The second kappa shape index (κ2) is 9.13. The third kappa shape index (κ3) is 4.78. The van der Waals surface area contributed by atoms with Crippen LogP contribution in [0.25, 0.3) is 0 Å². The van der Waals surface area contributed by atoms with Gasteiger partial charge in [-0.05, 0) is 54.4 Å². The van der Waals surface area contributed by atoms with Gasteiger partial charge in [-0.25, -0.2) is 4.79 Å². The van der Waals surface area contributed by atoms with E-state index in [0.717, 1.165) is 24.3 Å². The van der Waals surface area contributed by atoms with Crippen molar-refractivity contribution in [1.29, 1.82) is 0 Å². The van der Waals surface area contributed by atoms with Gasteiger partial charge in [0.2, 0.25) is 5.91 Å². The summed E-state index contributed by atoms with van der Waals surface area (Å²) in [5, 5.41) is 8.28. The first-order chi connectivity index (χ1) is 14.7. The minimum atomic E-state index is -0.329. The number of hydrogen-bond acceptors (Lipinski definition) is 3. The third-order valence-corrected chi connectivity index (χ3v) is 5.02. The number of benzene rings is 3. The molecule has 1 aliphatic heterocycles. The Morgan fingerprint density at radius 3 is 2.30 bits per heavy atom. The first kappa shape index (κ1) is 19.5. The van der Waals surface area contributed by atoms with Crippen LogP contribution in [0, 0.1) is 0 Å². The zero-order chi connectivity index (χ0) is 20.8. The van der Waals surface area contributed by atoms with Crippen molar-refractivity contribution in [3.63, 3.8) is 0 Å². The normalized spacial score (nSPS) is 12.2. The molecule has 1 heterocycles. The molecule has 0 atom stereocenters. The van der Waals surface area contributed by atoms with Crippen molar-refractivity contribution in [2.24, 2.45) is 0 Å². The van der Waals surface area contributed by atoms with Crippen LogP contribution in [0.2, 0.25) is 0 Å². The Morgan fingerprint density at radius 1 is 0.800 bits per heavy atom. The molecule has 0 saturated carbocycles. The predicted octanol–water partition coefficient (Wildman–Crippen LogP) is 4.53. The monoisotopic (exact) mass is 400 g/mol. The van der Waals surface area contributed by atoms with Crippen molar-refractivity contribution in [3.8, 4) is 0 Å². The summed E-state index contributed by atoms with van der Waals surface area (Å²) in [6.45, 7) is 1.22. The molecule has 1 aliphatic rings. The van der Waals surface area contributed by atoms with E-state index >= 15 is 0 Å². The second-order valence-corrected chi connectivity index (χ2v) is 7.12. The highest BCUT2D eigenvalue weighted by Crippen LogP contribution is 2.34. The summed E-state index contributed by atoms with van der Waals surface area (Å²) in [4.78, 5) is 26.3. The lowest BCUT2D eigenvalue weighted by Gasteiger charge is -2.20. The number of nitrogens with zero attached hydrogens (tertiary/aromatic N) is 1. The molecule has 4 rings (SSSR count). The van der Waals surface area contributed by atoms with Gasteiger partial charge in [-0.3, -0.25) is 4.79 Å². The van der Waals surface area contributed by atoms with Gasteiger partial charge in [-0.15, -0.1) is 0 Å². The second-order valence-electron chi connectivity index (χ2n) is 7.12. The molecule has 0 aliphatic carbocycles. The fourth-order valence-corrected chi connectivity index (χ4v) is 3.54. The predicted molar refractivity (Wildman–Crippen MR) is 120 cm³/mol. The largest absolute Gasteiger partial charge is 0.341 e. The molecule has 0 bridgehead atoms. The maximum absolute atomic E-state index is 12.2. The zero-order valence-electron chi connectivity index (χ0n) is 16.6. The molecule has 3 amide bonds. The molecule has 0 aromatic heterocycles. The van der Waals surface area contributed by atoms with Gasteiger partial charge in [0, 0.05) is 42.3 Å². The van der Waals surface area contributed by atoms with Crippen LogP contribution in [0.15, 0.2) is 78.9 Å². The minimum Gasteiger partial charge on any atom is -0.341 e. The first-order valence-electron chi connectivity index (χ1n) is 10.0. The first-order valence-corrected chi connectivity index (χ1v) is 10.0. The van der Waals surface area contributed by atoms with Gasteiger partial charge in [0.05, 0.1) is 0 Å². The highest BCUT2D eigenvalue weighted by Gasteiger charge is 2.19. The number of rotatable bonds is 6. The van der Waals surface area contributed by atoms with Crippen LogP contribution in [0.3, 0.4) is 0 Å². The van der Waals surface area contributed by atoms with E-state index in [-0.39, 0.29) is 24.9 Å². The molecule has 152 valence electrons. The van der Waals surface area contributed by atoms with Crippen LogP contribution in [0.1, 0.15) is 12.0 Å². The lowest BCUT2D eigenvalue weighted by molar-refractivity contribution is -0.116. The van der Waals surface area contributed by atoms with Crippen LogP contribution in [-0.4, -0.2) is 25.0 Å². The highest BCUT2D eigenvalue weighted by atomic mass is 16.2. The number of urea groups is 1. The fraction of sp³-hybridized carbons (Fsp3) is 0.167. The molecule has 3 aromatic carbocycles. The molecule has 0 spiro atoms. The number of anilines is 4. The van der Waals surface area contributed by atoms with Crippen LogP contribution >= 0.6 is 0 Å². The molecule has 0 saturated heterocycles. The number of para-hydroxylation sites is 2. The van der Waals surface area contributed by atoms with Gasteiger partial charge in [0.1, 0.15) is 0 Å². The average molecular weight is 400 g/mol. The van der Waals surface area contributed by atoms with Crippen LogP contribution in [0.4, 0.5) is 27.5 Å². The molecule has 0 radical (unpaired) electrons. The molecule has 0 fully saturated rings. The Morgan fingerprint density at radius 2 is 1.50 bits per heavy atom. The standard InChI is InChI=1S/C24H24N4O2/c29-23(14-16-25-24(30)27-19-7-2-1-3-8-19)26-20-10-12-21(13-11-20)28-17-15-18-6-4-5-9-22(18)28/h1-13H,14-17H2,(H,26,29)(H2,25,27,30). The quantitative estimate of drug-likeness (QED) is 0.569. The van der Waals surface area contributed by atoms with E-state index in [9.17, 15) is 9.59 Å². The van der Waals surface area contributed by atoms with E-state index in [1.54, 1.807) is 12.1 Å². The van der Waals surface area contributed by atoms with Crippen molar-refractivity contribution in [3.05, 3.63) is 84.4 Å². The van der Waals surface area contributed by atoms with Crippen molar-refractivity contribution in [2.45, 2.75) is 12.8 Å². The zero-order valence-corrected chi connectivity index (χ0v) is 16.6. The minimum absolute atomic E-state index is 0.144. The number of amides is 3. The van der Waals surface area contributed by atoms with Gasteiger partial charge in [0.25, 0.3) is 0 Å². The maximum Gasteiger partial charge on any atom is 0.319 e. The number of fused-ring (bicyclic) bond motifs is 1. The van der Waals surface area contributed by atoms with Crippen LogP contribution in [0.5, 0.6) is 0 Å². The molecule has 30 heavy (non-hydrogen) atoms. The van der Waals surface area contributed by atoms with Gasteiger partial charge in [-0.2, -0.15) is 0 Å². The fourth-order valence-electron chi connectivity index (χ4n) is 3.54. The van der Waals surface area contributed by atoms with Gasteiger partial charge in [0.15, 0.2) is 0 Å². The third-order valence-electron chi connectivity index (χ3n) is 5.02. The summed E-state index contributed by atoms with van der Waals surface area (Å²) in [5.41, 5.74) is 5.16. The summed E-state index contributed by atoms with van der Waals surface area (Å²) in [7, 11) is 0. The summed E-state index contributed by atoms with van der Waals surface area (Å²) in [6.07, 6.45) is 1.24. The SMILES string of the molecule is O=C(CCNC(=O)Nc1ccccc1)Nc1ccc(N2CCc3ccccc32)cc1. The van der Waals surface area contributed by atoms with E-state index in [0.29, 0.717) is 5.69 Å². The number of carbonyl (C=O) groups is 2. The summed E-state index contributed by atoms with van der Waals surface area (Å²) in [5.74, 6) is -0.144. The Kier molecular flexibility index (Phi) is 5.94. The lowest BCUT2D eigenvalue weighted by Crippen LogP contribution is -2.31. The highest BCUT2D eigenvalue weighted by molar-refractivity contribution is 5.92. The van der Waals surface area contributed by atoms with Gasteiger partial charge >= 0.3 is 6.03 Å². The van der Waals surface area contributed by atoms with Gasteiger partial charge < -0.3 is 20.9 Å². The molecular formula is C24H24N4O2. The number of carbonyl (C=O) groups excluding carboxylic acids is 2. The number of hydrogen-bond donors (Lipinski definition) is 3. The molecular weight excluding hydrogens is 376 g/mol. The molecule has 3 aromatic rings. The topological polar surface area (TPSA) is 73.5 Å². The van der Waals surface area contributed by atoms with E-state index in [4.69, 9.17) is 0 Å². The van der Waals surface area contributed by atoms with E-state index < -0.39 is 0 Å².